The maximum Gasteiger partial charge on any atom is 0.313 e. The molecule has 0 amide bonds. The number of carbonyl (C=O) groups is 1. The monoisotopic (exact) mass is 283 g/mol. The van der Waals surface area contributed by atoms with Crippen LogP contribution in [-0.2, 0) is 16.0 Å². The highest BCUT2D eigenvalue weighted by atomic mass is 16.5. The summed E-state index contributed by atoms with van der Waals surface area (Å²) in [6.45, 7) is 4.07. The van der Waals surface area contributed by atoms with E-state index in [1.807, 2.05) is 44.2 Å². The normalized spacial score (nSPS) is 13.6. The van der Waals surface area contributed by atoms with Gasteiger partial charge in [-0.1, -0.05) is 18.2 Å². The van der Waals surface area contributed by atoms with Gasteiger partial charge in [-0.15, -0.1) is 0 Å². The fourth-order valence-electron chi connectivity index (χ4n) is 2.47. The minimum Gasteiger partial charge on any atom is -0.466 e. The zero-order valence-corrected chi connectivity index (χ0v) is 12.1. The summed E-state index contributed by atoms with van der Waals surface area (Å²) >= 11 is 0. The predicted molar refractivity (Wildman–Crippen MR) is 78.6 cm³/mol. The third-order valence-electron chi connectivity index (χ3n) is 3.66. The van der Waals surface area contributed by atoms with Crippen LogP contribution in [0.3, 0.4) is 0 Å². The van der Waals surface area contributed by atoms with Crippen LogP contribution in [0, 0.1) is 0 Å². The van der Waals surface area contributed by atoms with Gasteiger partial charge in [0.1, 0.15) is 5.75 Å². The van der Waals surface area contributed by atoms with Crippen LogP contribution < -0.4 is 4.74 Å². The molecule has 3 rings (SSSR count). The third-order valence-corrected chi connectivity index (χ3v) is 3.66. The molecule has 1 aliphatic heterocycles. The molecule has 1 aromatic carbocycles. The highest BCUT2D eigenvalue weighted by Crippen LogP contribution is 2.36. The number of benzene rings is 1. The minimum absolute atomic E-state index is 0.198. The number of nitrogens with zero attached hydrogens (tertiary/aromatic N) is 1. The van der Waals surface area contributed by atoms with Crippen LogP contribution in [0.1, 0.15) is 36.5 Å². The Morgan fingerprint density at radius 2 is 2.24 bits per heavy atom. The predicted octanol–water partition coefficient (Wildman–Crippen LogP) is 3.44. The van der Waals surface area contributed by atoms with Crippen molar-refractivity contribution in [3.63, 3.8) is 0 Å². The zero-order chi connectivity index (χ0) is 14.8. The van der Waals surface area contributed by atoms with Crippen LogP contribution in [0.2, 0.25) is 0 Å². The number of aromatic nitrogens is 1. The highest BCUT2D eigenvalue weighted by Gasteiger charge is 2.21. The number of esters is 1. The van der Waals surface area contributed by atoms with Gasteiger partial charge in [0, 0.05) is 18.2 Å². The number of pyridine rings is 1. The maximum absolute atomic E-state index is 11.8. The van der Waals surface area contributed by atoms with Gasteiger partial charge < -0.3 is 9.47 Å². The fourth-order valence-corrected chi connectivity index (χ4v) is 2.47. The lowest BCUT2D eigenvalue weighted by atomic mass is 9.95. The number of hydrogen-bond acceptors (Lipinski definition) is 4. The van der Waals surface area contributed by atoms with E-state index in [0.29, 0.717) is 12.5 Å². The largest absolute Gasteiger partial charge is 0.466 e. The van der Waals surface area contributed by atoms with E-state index in [4.69, 9.17) is 9.47 Å². The SMILES string of the molecule is CCOC(=O)[C@@H](C)c1ccc2c(c1)Cc1cccnc1O2. The van der Waals surface area contributed by atoms with Gasteiger partial charge in [0.2, 0.25) is 5.88 Å². The topological polar surface area (TPSA) is 48.4 Å². The molecule has 0 saturated carbocycles. The Bertz CT molecular complexity index is 681. The van der Waals surface area contributed by atoms with Crippen molar-refractivity contribution in [2.24, 2.45) is 0 Å². The Morgan fingerprint density at radius 1 is 1.38 bits per heavy atom. The lowest BCUT2D eigenvalue weighted by Crippen LogP contribution is -2.14. The van der Waals surface area contributed by atoms with Gasteiger partial charge >= 0.3 is 5.97 Å². The van der Waals surface area contributed by atoms with Gasteiger partial charge in [-0.2, -0.15) is 0 Å². The van der Waals surface area contributed by atoms with Crippen LogP contribution in [0.15, 0.2) is 36.5 Å². The molecule has 4 nitrogen and oxygen atoms in total. The van der Waals surface area contributed by atoms with Gasteiger partial charge in [-0.05, 0) is 37.1 Å². The molecule has 2 heterocycles. The summed E-state index contributed by atoms with van der Waals surface area (Å²) < 4.78 is 10.9. The zero-order valence-electron chi connectivity index (χ0n) is 12.1. The molecule has 21 heavy (non-hydrogen) atoms. The van der Waals surface area contributed by atoms with E-state index in [9.17, 15) is 4.79 Å². The molecule has 1 aliphatic rings. The minimum atomic E-state index is -0.273. The Balaban J connectivity index is 1.88. The Hall–Kier alpha value is -2.36. The van der Waals surface area contributed by atoms with Crippen molar-refractivity contribution in [2.75, 3.05) is 6.61 Å². The van der Waals surface area contributed by atoms with Crippen LogP contribution in [0.25, 0.3) is 0 Å². The lowest BCUT2D eigenvalue weighted by molar-refractivity contribution is -0.144. The summed E-state index contributed by atoms with van der Waals surface area (Å²) in [5.41, 5.74) is 3.08. The van der Waals surface area contributed by atoms with Crippen LogP contribution >= 0.6 is 0 Å². The average molecular weight is 283 g/mol. The summed E-state index contributed by atoms with van der Waals surface area (Å²) in [6, 6.07) is 9.74. The number of ether oxygens (including phenoxy) is 2. The summed E-state index contributed by atoms with van der Waals surface area (Å²) in [5.74, 6) is 0.999. The maximum atomic E-state index is 11.8. The summed E-state index contributed by atoms with van der Waals surface area (Å²) in [6.07, 6.45) is 2.49. The second kappa shape index (κ2) is 5.56. The molecule has 0 bridgehead atoms. The van der Waals surface area contributed by atoms with E-state index < -0.39 is 0 Å². The second-order valence-corrected chi connectivity index (χ2v) is 5.09. The van der Waals surface area contributed by atoms with Crippen molar-refractivity contribution >= 4 is 5.97 Å². The van der Waals surface area contributed by atoms with E-state index >= 15 is 0 Å². The molecule has 0 aliphatic carbocycles. The fraction of sp³-hybridized carbons (Fsp3) is 0.294. The quantitative estimate of drug-likeness (QED) is 0.691. The Labute approximate surface area is 123 Å². The number of carbonyl (C=O) groups excluding carboxylic acids is 1. The summed E-state index contributed by atoms with van der Waals surface area (Å²) in [4.78, 5) is 16.1. The van der Waals surface area contributed by atoms with Gasteiger partial charge in [0.25, 0.3) is 0 Å². The van der Waals surface area contributed by atoms with Gasteiger partial charge in [0.15, 0.2) is 0 Å². The van der Waals surface area contributed by atoms with E-state index in [0.717, 1.165) is 28.9 Å². The van der Waals surface area contributed by atoms with Crippen LogP contribution in [-0.4, -0.2) is 17.6 Å². The molecule has 108 valence electrons. The number of fused-ring (bicyclic) bond motifs is 2. The molecule has 0 spiro atoms. The summed E-state index contributed by atoms with van der Waals surface area (Å²) in [5, 5.41) is 0. The molecule has 1 aromatic heterocycles. The molecular weight excluding hydrogens is 266 g/mol. The molecule has 4 heteroatoms. The van der Waals surface area contributed by atoms with Crippen LogP contribution in [0.4, 0.5) is 0 Å². The van der Waals surface area contributed by atoms with Gasteiger partial charge in [-0.25, -0.2) is 4.98 Å². The number of hydrogen-bond donors (Lipinski definition) is 0. The van der Waals surface area contributed by atoms with Gasteiger partial charge in [-0.3, -0.25) is 4.79 Å². The molecule has 1 atom stereocenters. The Kier molecular flexibility index (Phi) is 3.60. The molecule has 0 unspecified atom stereocenters. The standard InChI is InChI=1S/C17H17NO3/c1-3-20-17(19)11(2)12-6-7-15-14(9-12)10-13-5-4-8-18-16(13)21-15/h4-9,11H,3,10H2,1-2H3/t11-/m0/s1. The first-order valence-corrected chi connectivity index (χ1v) is 7.10. The number of rotatable bonds is 3. The van der Waals surface area contributed by atoms with Crippen molar-refractivity contribution in [3.05, 3.63) is 53.2 Å². The lowest BCUT2D eigenvalue weighted by Gasteiger charge is -2.20. The first kappa shape index (κ1) is 13.6. The van der Waals surface area contributed by atoms with Crippen molar-refractivity contribution in [2.45, 2.75) is 26.2 Å². The van der Waals surface area contributed by atoms with Gasteiger partial charge in [0.05, 0.1) is 12.5 Å². The van der Waals surface area contributed by atoms with Crippen molar-refractivity contribution in [1.82, 2.24) is 4.98 Å². The molecule has 0 radical (unpaired) electrons. The molecule has 0 saturated heterocycles. The van der Waals surface area contributed by atoms with E-state index in [2.05, 4.69) is 4.98 Å². The van der Waals surface area contributed by atoms with Crippen molar-refractivity contribution < 1.29 is 14.3 Å². The summed E-state index contributed by atoms with van der Waals surface area (Å²) in [7, 11) is 0. The first-order valence-electron chi connectivity index (χ1n) is 7.10. The molecule has 2 aromatic rings. The van der Waals surface area contributed by atoms with Crippen LogP contribution in [0.5, 0.6) is 11.6 Å². The average Bonchev–Trinajstić information content (AvgIpc) is 2.51. The molecular formula is C17H17NO3. The molecule has 0 N–H and O–H groups in total. The van der Waals surface area contributed by atoms with Crippen molar-refractivity contribution in [3.8, 4) is 11.6 Å². The Morgan fingerprint density at radius 3 is 3.05 bits per heavy atom. The molecule has 0 fully saturated rings. The van der Waals surface area contributed by atoms with Crippen molar-refractivity contribution in [1.29, 1.82) is 0 Å². The smallest absolute Gasteiger partial charge is 0.313 e. The van der Waals surface area contributed by atoms with E-state index in [1.54, 1.807) is 6.20 Å². The highest BCUT2D eigenvalue weighted by molar-refractivity contribution is 5.78. The van der Waals surface area contributed by atoms with E-state index in [-0.39, 0.29) is 11.9 Å². The third kappa shape index (κ3) is 2.61. The second-order valence-electron chi connectivity index (χ2n) is 5.09. The van der Waals surface area contributed by atoms with E-state index in [1.165, 1.54) is 0 Å². The first-order chi connectivity index (χ1) is 10.2.